The maximum absolute atomic E-state index is 13.3. The number of alkyl halides is 2. The molecule has 0 radical (unpaired) electrons. The summed E-state index contributed by atoms with van der Waals surface area (Å²) in [5, 5.41) is 10.6. The van der Waals surface area contributed by atoms with Crippen LogP contribution in [0.25, 0.3) is 11.1 Å². The predicted octanol–water partition coefficient (Wildman–Crippen LogP) is 3.63. The van der Waals surface area contributed by atoms with Crippen LogP contribution in [0.4, 0.5) is 13.6 Å². The second-order valence-corrected chi connectivity index (χ2v) is 6.20. The van der Waals surface area contributed by atoms with Crippen LogP contribution in [-0.4, -0.2) is 35.7 Å². The van der Waals surface area contributed by atoms with E-state index in [1.807, 2.05) is 48.5 Å². The fourth-order valence-electron chi connectivity index (χ4n) is 3.16. The maximum atomic E-state index is 13.3. The van der Waals surface area contributed by atoms with Crippen molar-refractivity contribution in [3.05, 3.63) is 59.7 Å². The predicted molar refractivity (Wildman–Crippen MR) is 90.2 cm³/mol. The van der Waals surface area contributed by atoms with E-state index in [-0.39, 0.29) is 12.5 Å². The van der Waals surface area contributed by atoms with Gasteiger partial charge in [-0.15, -0.1) is 0 Å². The van der Waals surface area contributed by atoms with Gasteiger partial charge in [-0.05, 0) is 22.3 Å². The molecule has 1 amide bonds. The Hall–Kier alpha value is -2.96. The number of carbonyl (C=O) groups is 2. The fraction of sp³-hybridized carbons (Fsp3) is 0.263. The Morgan fingerprint density at radius 2 is 1.62 bits per heavy atom. The number of carboxylic acid groups (broad SMARTS) is 1. The highest BCUT2D eigenvalue weighted by Gasteiger charge is 2.41. The van der Waals surface area contributed by atoms with Crippen LogP contribution >= 0.6 is 0 Å². The van der Waals surface area contributed by atoms with Crippen LogP contribution in [0.2, 0.25) is 0 Å². The van der Waals surface area contributed by atoms with Crippen LogP contribution in [0, 0.1) is 0 Å². The Kier molecular flexibility index (Phi) is 4.63. The first-order chi connectivity index (χ1) is 12.3. The highest BCUT2D eigenvalue weighted by atomic mass is 19.3. The SMILES string of the molecule is CC(F)(F)[C@@H](NC(=O)OCC1c2ccccc2-c2ccccc21)C(=O)O. The summed E-state index contributed by atoms with van der Waals surface area (Å²) in [7, 11) is 0. The Morgan fingerprint density at radius 3 is 2.08 bits per heavy atom. The van der Waals surface area contributed by atoms with Crippen molar-refractivity contribution in [1.82, 2.24) is 5.32 Å². The third kappa shape index (κ3) is 3.37. The van der Waals surface area contributed by atoms with E-state index in [4.69, 9.17) is 9.84 Å². The zero-order valence-corrected chi connectivity index (χ0v) is 13.9. The van der Waals surface area contributed by atoms with Crippen molar-refractivity contribution < 1.29 is 28.2 Å². The first kappa shape index (κ1) is 17.8. The van der Waals surface area contributed by atoms with Crippen LogP contribution < -0.4 is 5.32 Å². The van der Waals surface area contributed by atoms with E-state index in [1.54, 1.807) is 5.32 Å². The van der Waals surface area contributed by atoms with Crippen LogP contribution in [0.1, 0.15) is 24.0 Å². The molecule has 0 saturated carbocycles. The zero-order chi connectivity index (χ0) is 18.9. The lowest BCUT2D eigenvalue weighted by Gasteiger charge is -2.21. The van der Waals surface area contributed by atoms with Gasteiger partial charge in [0.25, 0.3) is 5.92 Å². The van der Waals surface area contributed by atoms with Gasteiger partial charge in [-0.1, -0.05) is 48.5 Å². The highest BCUT2D eigenvalue weighted by Crippen LogP contribution is 2.44. The average molecular weight is 361 g/mol. The molecule has 136 valence electrons. The molecule has 3 rings (SSSR count). The third-order valence-corrected chi connectivity index (χ3v) is 4.36. The molecule has 0 aromatic heterocycles. The topological polar surface area (TPSA) is 75.6 Å². The van der Waals surface area contributed by atoms with Gasteiger partial charge in [0.1, 0.15) is 6.61 Å². The summed E-state index contributed by atoms with van der Waals surface area (Å²) >= 11 is 0. The molecule has 1 atom stereocenters. The van der Waals surface area contributed by atoms with Gasteiger partial charge in [-0.3, -0.25) is 0 Å². The minimum atomic E-state index is -3.61. The number of ether oxygens (including phenoxy) is 1. The molecule has 1 aliphatic carbocycles. The number of nitrogens with one attached hydrogen (secondary N) is 1. The van der Waals surface area contributed by atoms with Gasteiger partial charge in [0, 0.05) is 12.8 Å². The largest absolute Gasteiger partial charge is 0.480 e. The smallest absolute Gasteiger partial charge is 0.408 e. The zero-order valence-electron chi connectivity index (χ0n) is 13.9. The minimum Gasteiger partial charge on any atom is -0.480 e. The van der Waals surface area contributed by atoms with Crippen molar-refractivity contribution >= 4 is 12.1 Å². The van der Waals surface area contributed by atoms with Crippen molar-refractivity contribution in [1.29, 1.82) is 0 Å². The normalized spacial score (nSPS) is 14.3. The monoisotopic (exact) mass is 361 g/mol. The number of carboxylic acids is 1. The molecule has 0 spiro atoms. The summed E-state index contributed by atoms with van der Waals surface area (Å²) in [6.07, 6.45) is -1.19. The number of aliphatic carboxylic acids is 1. The van der Waals surface area contributed by atoms with Gasteiger partial charge < -0.3 is 15.2 Å². The molecule has 0 aliphatic heterocycles. The molecule has 7 heteroatoms. The van der Waals surface area contributed by atoms with E-state index in [0.717, 1.165) is 22.3 Å². The first-order valence-corrected chi connectivity index (χ1v) is 8.01. The maximum Gasteiger partial charge on any atom is 0.408 e. The van der Waals surface area contributed by atoms with E-state index in [1.165, 1.54) is 0 Å². The molecule has 26 heavy (non-hydrogen) atoms. The Bertz CT molecular complexity index is 802. The quantitative estimate of drug-likeness (QED) is 0.853. The average Bonchev–Trinajstić information content (AvgIpc) is 2.91. The summed E-state index contributed by atoms with van der Waals surface area (Å²) in [6.45, 7) is 0.344. The minimum absolute atomic E-state index is 0.0819. The molecule has 1 aliphatic rings. The van der Waals surface area contributed by atoms with E-state index in [0.29, 0.717) is 6.92 Å². The van der Waals surface area contributed by atoms with Crippen molar-refractivity contribution in [3.8, 4) is 11.1 Å². The number of halogens is 2. The number of rotatable bonds is 5. The lowest BCUT2D eigenvalue weighted by molar-refractivity contribution is -0.148. The summed E-state index contributed by atoms with van der Waals surface area (Å²) in [5.41, 5.74) is 4.00. The van der Waals surface area contributed by atoms with Gasteiger partial charge in [0.2, 0.25) is 0 Å². The molecule has 0 bridgehead atoms. The number of carbonyl (C=O) groups excluding carboxylic acids is 1. The number of fused-ring (bicyclic) bond motifs is 3. The lowest BCUT2D eigenvalue weighted by Crippen LogP contribution is -2.51. The number of hydrogen-bond acceptors (Lipinski definition) is 3. The number of hydrogen-bond donors (Lipinski definition) is 2. The number of amides is 1. The Morgan fingerprint density at radius 1 is 1.12 bits per heavy atom. The second kappa shape index (κ2) is 6.74. The Labute approximate surface area is 148 Å². The van der Waals surface area contributed by atoms with Crippen molar-refractivity contribution in [2.45, 2.75) is 24.8 Å². The lowest BCUT2D eigenvalue weighted by atomic mass is 9.98. The molecule has 2 aromatic carbocycles. The van der Waals surface area contributed by atoms with E-state index < -0.39 is 24.0 Å². The highest BCUT2D eigenvalue weighted by molar-refractivity contribution is 5.81. The van der Waals surface area contributed by atoms with Crippen LogP contribution in [0.15, 0.2) is 48.5 Å². The fourth-order valence-corrected chi connectivity index (χ4v) is 3.16. The van der Waals surface area contributed by atoms with E-state index >= 15 is 0 Å². The van der Waals surface area contributed by atoms with Crippen LogP contribution in [0.5, 0.6) is 0 Å². The van der Waals surface area contributed by atoms with Crippen molar-refractivity contribution in [2.75, 3.05) is 6.61 Å². The molecule has 2 N–H and O–H groups in total. The molecular formula is C19H17F2NO4. The third-order valence-electron chi connectivity index (χ3n) is 4.36. The summed E-state index contributed by atoms with van der Waals surface area (Å²) in [4.78, 5) is 22.8. The first-order valence-electron chi connectivity index (χ1n) is 8.01. The van der Waals surface area contributed by atoms with Gasteiger partial charge >= 0.3 is 12.1 Å². The van der Waals surface area contributed by atoms with Crippen LogP contribution in [-0.2, 0) is 9.53 Å². The molecule has 0 heterocycles. The van der Waals surface area contributed by atoms with Gasteiger partial charge in [0.15, 0.2) is 6.04 Å². The molecule has 2 aromatic rings. The van der Waals surface area contributed by atoms with Gasteiger partial charge in [0.05, 0.1) is 0 Å². The standard InChI is InChI=1S/C19H17F2NO4/c1-19(20,21)16(17(23)24)22-18(25)26-10-15-13-8-4-2-6-11(13)12-7-3-5-9-14(12)15/h2-9,15-16H,10H2,1H3,(H,22,25)(H,23,24)/t16-/m0/s1. The van der Waals surface area contributed by atoms with Crippen LogP contribution in [0.3, 0.4) is 0 Å². The molecule has 5 nitrogen and oxygen atoms in total. The summed E-state index contributed by atoms with van der Waals surface area (Å²) < 4.78 is 31.6. The van der Waals surface area contributed by atoms with E-state index in [2.05, 4.69) is 0 Å². The van der Waals surface area contributed by atoms with E-state index in [9.17, 15) is 18.4 Å². The number of benzene rings is 2. The Balaban J connectivity index is 1.74. The summed E-state index contributed by atoms with van der Waals surface area (Å²) in [5.74, 6) is -5.68. The van der Waals surface area contributed by atoms with Gasteiger partial charge in [-0.2, -0.15) is 0 Å². The molecular weight excluding hydrogens is 344 g/mol. The molecule has 0 fully saturated rings. The second-order valence-electron chi connectivity index (χ2n) is 6.20. The van der Waals surface area contributed by atoms with Crippen molar-refractivity contribution in [3.63, 3.8) is 0 Å². The number of alkyl carbamates (subject to hydrolysis) is 1. The molecule has 0 unspecified atom stereocenters. The summed E-state index contributed by atoms with van der Waals surface area (Å²) in [6, 6.07) is 13.0. The molecule has 0 saturated heterocycles. The van der Waals surface area contributed by atoms with Crippen molar-refractivity contribution in [2.24, 2.45) is 0 Å². The van der Waals surface area contributed by atoms with Gasteiger partial charge in [-0.25, -0.2) is 18.4 Å².